The van der Waals surface area contributed by atoms with E-state index >= 15 is 0 Å². The van der Waals surface area contributed by atoms with Gasteiger partial charge in [-0.25, -0.2) is 0 Å². The second-order valence-electron chi connectivity index (χ2n) is 10.3. The zero-order valence-corrected chi connectivity index (χ0v) is 21.0. The lowest BCUT2D eigenvalue weighted by Gasteiger charge is -2.46. The molecule has 1 aliphatic heterocycles. The van der Waals surface area contributed by atoms with Crippen molar-refractivity contribution in [2.75, 3.05) is 4.90 Å². The number of hydrogen-bond donors (Lipinski definition) is 1. The molecule has 2 amide bonds. The molecule has 2 aliphatic rings. The quantitative estimate of drug-likeness (QED) is 0.543. The molecule has 0 spiro atoms. The van der Waals surface area contributed by atoms with Crippen LogP contribution in [-0.4, -0.2) is 28.0 Å². The minimum absolute atomic E-state index is 0.0644. The maximum Gasteiger partial charge on any atom is 0.275 e. The zero-order chi connectivity index (χ0) is 23.5. The van der Waals surface area contributed by atoms with E-state index in [0.717, 1.165) is 39.9 Å². The van der Waals surface area contributed by atoms with Gasteiger partial charge in [-0.1, -0.05) is 38.8 Å². The zero-order valence-electron chi connectivity index (χ0n) is 20.1. The van der Waals surface area contributed by atoms with Crippen molar-refractivity contribution in [2.45, 2.75) is 72.0 Å². The van der Waals surface area contributed by atoms with Gasteiger partial charge in [0.25, 0.3) is 5.91 Å². The largest absolute Gasteiger partial charge is 0.351 e. The van der Waals surface area contributed by atoms with Crippen molar-refractivity contribution >= 4 is 39.1 Å². The minimum atomic E-state index is -1.03. The average Bonchev–Trinajstić information content (AvgIpc) is 3.36. The Balaban J connectivity index is 1.61. The number of fused-ring (bicyclic) bond motifs is 3. The van der Waals surface area contributed by atoms with Gasteiger partial charge in [0.15, 0.2) is 0 Å². The van der Waals surface area contributed by atoms with E-state index in [4.69, 9.17) is 0 Å². The van der Waals surface area contributed by atoms with Gasteiger partial charge in [-0.2, -0.15) is 0 Å². The van der Waals surface area contributed by atoms with Crippen LogP contribution >= 0.6 is 11.3 Å². The molecule has 0 bridgehead atoms. The summed E-state index contributed by atoms with van der Waals surface area (Å²) >= 11 is 1.63. The molecule has 1 saturated carbocycles. The number of hydrogen-bond acceptors (Lipinski definition) is 3. The fraction of sp³-hybridized carbons (Fsp3) is 0.481. The van der Waals surface area contributed by atoms with Crippen LogP contribution in [0, 0.1) is 25.7 Å². The first-order chi connectivity index (χ1) is 15.7. The van der Waals surface area contributed by atoms with Gasteiger partial charge in [-0.15, -0.1) is 11.3 Å². The maximum absolute atomic E-state index is 14.1. The summed E-state index contributed by atoms with van der Waals surface area (Å²) in [6.07, 6.45) is 3.33. The maximum atomic E-state index is 14.1. The summed E-state index contributed by atoms with van der Waals surface area (Å²) in [4.78, 5) is 29.8. The number of aromatic nitrogens is 1. The van der Waals surface area contributed by atoms with Gasteiger partial charge in [-0.3, -0.25) is 14.5 Å². The molecule has 0 unspecified atom stereocenters. The van der Waals surface area contributed by atoms with Crippen molar-refractivity contribution in [3.05, 3.63) is 52.5 Å². The SMILES string of the molecule is Cc1ccc(C)c(N2C(=O)c3cc4sccc4n3C[C@]2(C)C(=O)N[C@@H]2CCC[C@H](C)[C@H]2C)c1. The minimum Gasteiger partial charge on any atom is -0.351 e. The van der Waals surface area contributed by atoms with Gasteiger partial charge >= 0.3 is 0 Å². The molecule has 2 aromatic heterocycles. The molecule has 6 heteroatoms. The van der Waals surface area contributed by atoms with Crippen LogP contribution in [-0.2, 0) is 11.3 Å². The number of anilines is 1. The fourth-order valence-electron chi connectivity index (χ4n) is 5.66. The lowest BCUT2D eigenvalue weighted by Crippen LogP contribution is -2.66. The molecule has 0 radical (unpaired) electrons. The Morgan fingerprint density at radius 2 is 1.94 bits per heavy atom. The molecule has 174 valence electrons. The smallest absolute Gasteiger partial charge is 0.275 e. The Hall–Kier alpha value is -2.60. The van der Waals surface area contributed by atoms with E-state index in [9.17, 15) is 9.59 Å². The highest BCUT2D eigenvalue weighted by molar-refractivity contribution is 7.17. The predicted molar refractivity (Wildman–Crippen MR) is 135 cm³/mol. The summed E-state index contributed by atoms with van der Waals surface area (Å²) in [5.74, 6) is 0.832. The van der Waals surface area contributed by atoms with E-state index in [-0.39, 0.29) is 17.9 Å². The normalized spacial score (nSPS) is 27.6. The van der Waals surface area contributed by atoms with Gasteiger partial charge in [-0.05, 0) is 73.7 Å². The topological polar surface area (TPSA) is 54.3 Å². The number of rotatable bonds is 3. The van der Waals surface area contributed by atoms with Crippen molar-refractivity contribution in [3.8, 4) is 0 Å². The third-order valence-corrected chi connectivity index (χ3v) is 8.88. The van der Waals surface area contributed by atoms with E-state index in [1.54, 1.807) is 16.2 Å². The molecule has 1 aromatic carbocycles. The fourth-order valence-corrected chi connectivity index (χ4v) is 6.48. The Morgan fingerprint density at radius 1 is 1.15 bits per heavy atom. The number of carbonyl (C=O) groups excluding carboxylic acids is 2. The number of amides is 2. The first kappa shape index (κ1) is 22.2. The Labute approximate surface area is 199 Å². The molecule has 1 aliphatic carbocycles. The Bertz CT molecular complexity index is 1240. The molecular formula is C27H33N3O2S. The second-order valence-corrected chi connectivity index (χ2v) is 11.3. The lowest BCUT2D eigenvalue weighted by molar-refractivity contribution is -0.128. The number of benzene rings is 1. The van der Waals surface area contributed by atoms with Crippen LogP contribution in [0.1, 0.15) is 61.6 Å². The highest BCUT2D eigenvalue weighted by atomic mass is 32.1. The lowest BCUT2D eigenvalue weighted by atomic mass is 9.77. The molecule has 0 saturated heterocycles. The van der Waals surface area contributed by atoms with Gasteiger partial charge in [0, 0.05) is 11.7 Å². The molecule has 4 atom stereocenters. The highest BCUT2D eigenvalue weighted by Gasteiger charge is 2.50. The van der Waals surface area contributed by atoms with E-state index < -0.39 is 5.54 Å². The summed E-state index contributed by atoms with van der Waals surface area (Å²) in [7, 11) is 0. The van der Waals surface area contributed by atoms with Crippen LogP contribution < -0.4 is 10.2 Å². The van der Waals surface area contributed by atoms with Gasteiger partial charge in [0.2, 0.25) is 5.91 Å². The summed E-state index contributed by atoms with van der Waals surface area (Å²) in [5.41, 5.74) is 3.54. The summed E-state index contributed by atoms with van der Waals surface area (Å²) in [6.45, 7) is 10.9. The Kier molecular flexibility index (Phi) is 5.39. The molecule has 1 N–H and O–H groups in total. The van der Waals surface area contributed by atoms with Crippen molar-refractivity contribution in [3.63, 3.8) is 0 Å². The van der Waals surface area contributed by atoms with Crippen molar-refractivity contribution in [1.82, 2.24) is 9.88 Å². The number of nitrogens with one attached hydrogen (secondary N) is 1. The first-order valence-electron chi connectivity index (χ1n) is 12.0. The number of carbonyl (C=O) groups is 2. The van der Waals surface area contributed by atoms with E-state index in [1.807, 2.05) is 55.0 Å². The van der Waals surface area contributed by atoms with Crippen molar-refractivity contribution in [1.29, 1.82) is 0 Å². The highest BCUT2D eigenvalue weighted by Crippen LogP contribution is 2.39. The van der Waals surface area contributed by atoms with Crippen LogP contribution in [0.15, 0.2) is 35.7 Å². The van der Waals surface area contributed by atoms with Crippen molar-refractivity contribution < 1.29 is 9.59 Å². The second kappa shape index (κ2) is 8.01. The van der Waals surface area contributed by atoms with E-state index in [2.05, 4.69) is 25.2 Å². The predicted octanol–water partition coefficient (Wildman–Crippen LogP) is 5.68. The van der Waals surface area contributed by atoms with Crippen LogP contribution in [0.5, 0.6) is 0 Å². The summed E-state index contributed by atoms with van der Waals surface area (Å²) in [6, 6.07) is 10.3. The summed E-state index contributed by atoms with van der Waals surface area (Å²) < 4.78 is 3.13. The standard InChI is InChI=1S/C27H33N3O2S/c1-16-9-10-18(3)22(13-16)30-25(31)23-14-24-21(11-12-33-24)29(23)15-27(30,5)26(32)28-20-8-6-7-17(2)19(20)4/h9-14,17,19-20H,6-8,15H2,1-5H3,(H,28,32)/t17-,19+,20+,27+/m0/s1. The van der Waals surface area contributed by atoms with E-state index in [1.165, 1.54) is 6.42 Å². The molecule has 5 rings (SSSR count). The van der Waals surface area contributed by atoms with Gasteiger partial charge in [0.05, 0.1) is 16.8 Å². The van der Waals surface area contributed by atoms with Crippen molar-refractivity contribution in [2.24, 2.45) is 11.8 Å². The first-order valence-corrected chi connectivity index (χ1v) is 12.9. The molecule has 33 heavy (non-hydrogen) atoms. The number of aryl methyl sites for hydroxylation is 2. The summed E-state index contributed by atoms with van der Waals surface area (Å²) in [5, 5.41) is 5.43. The molecule has 3 aromatic rings. The molecule has 5 nitrogen and oxygen atoms in total. The molecular weight excluding hydrogens is 430 g/mol. The molecule has 1 fully saturated rings. The van der Waals surface area contributed by atoms with Crippen LogP contribution in [0.4, 0.5) is 5.69 Å². The van der Waals surface area contributed by atoms with Crippen LogP contribution in [0.25, 0.3) is 10.2 Å². The third-order valence-electron chi connectivity index (χ3n) is 8.02. The van der Waals surface area contributed by atoms with Crippen LogP contribution in [0.2, 0.25) is 0 Å². The van der Waals surface area contributed by atoms with E-state index in [0.29, 0.717) is 24.1 Å². The number of thiophene rings is 1. The van der Waals surface area contributed by atoms with Gasteiger partial charge < -0.3 is 9.88 Å². The molecule has 3 heterocycles. The van der Waals surface area contributed by atoms with Crippen LogP contribution in [0.3, 0.4) is 0 Å². The number of nitrogens with zero attached hydrogens (tertiary/aromatic N) is 2. The third kappa shape index (κ3) is 3.50. The monoisotopic (exact) mass is 463 g/mol. The Morgan fingerprint density at radius 3 is 2.73 bits per heavy atom. The average molecular weight is 464 g/mol. The van der Waals surface area contributed by atoms with Gasteiger partial charge in [0.1, 0.15) is 11.2 Å².